The molecule has 2 aliphatic heterocycles. The number of carbonyl (C=O) groups is 1. The van der Waals surface area contributed by atoms with E-state index in [4.69, 9.17) is 0 Å². The third-order valence-electron chi connectivity index (χ3n) is 5.69. The van der Waals surface area contributed by atoms with Crippen LogP contribution in [0.5, 0.6) is 0 Å². The number of guanidine groups is 1. The molecule has 6 heteroatoms. The Morgan fingerprint density at radius 1 is 1.12 bits per heavy atom. The van der Waals surface area contributed by atoms with Crippen LogP contribution in [-0.2, 0) is 4.79 Å². The van der Waals surface area contributed by atoms with E-state index in [0.29, 0.717) is 12.3 Å². The Balaban J connectivity index is 1.61. The Kier molecular flexibility index (Phi) is 8.52. The second-order valence-electron chi connectivity index (χ2n) is 7.66. The Morgan fingerprint density at radius 3 is 2.40 bits per heavy atom. The molecular weight excluding hydrogens is 314 g/mol. The maximum absolute atomic E-state index is 11.5. The smallest absolute Gasteiger partial charge is 0.220 e. The van der Waals surface area contributed by atoms with Crippen LogP contribution in [0.1, 0.15) is 45.4 Å². The van der Waals surface area contributed by atoms with Crippen LogP contribution in [0.2, 0.25) is 0 Å². The lowest BCUT2D eigenvalue weighted by Crippen LogP contribution is -2.46. The standard InChI is InChI=1S/C19H37N5O/c1-16-5-11-23(12-6-16)10-4-9-22-19(21-3)24-13-7-17(8-14-24)15-18(25)20-2/h16-17H,4-15H2,1-3H3,(H,20,25)(H,21,22). The topological polar surface area (TPSA) is 60.0 Å². The van der Waals surface area contributed by atoms with E-state index in [0.717, 1.165) is 44.4 Å². The van der Waals surface area contributed by atoms with Crippen LogP contribution in [0.25, 0.3) is 0 Å². The molecule has 0 bridgehead atoms. The zero-order valence-corrected chi connectivity index (χ0v) is 16.4. The number of likely N-dealkylation sites (tertiary alicyclic amines) is 2. The van der Waals surface area contributed by atoms with E-state index in [1.54, 1.807) is 7.05 Å². The lowest BCUT2D eigenvalue weighted by molar-refractivity contribution is -0.121. The molecule has 0 aromatic rings. The van der Waals surface area contributed by atoms with Gasteiger partial charge in [0.25, 0.3) is 0 Å². The number of nitrogens with zero attached hydrogens (tertiary/aromatic N) is 3. The number of hydrogen-bond donors (Lipinski definition) is 2. The number of amides is 1. The van der Waals surface area contributed by atoms with Crippen molar-refractivity contribution in [1.29, 1.82) is 0 Å². The van der Waals surface area contributed by atoms with Crippen molar-refractivity contribution in [3.8, 4) is 0 Å². The summed E-state index contributed by atoms with van der Waals surface area (Å²) >= 11 is 0. The first-order valence-corrected chi connectivity index (χ1v) is 10.0. The van der Waals surface area contributed by atoms with Crippen molar-refractivity contribution >= 4 is 11.9 Å². The number of piperidine rings is 2. The Morgan fingerprint density at radius 2 is 1.80 bits per heavy atom. The average Bonchev–Trinajstić information content (AvgIpc) is 2.64. The molecular formula is C19H37N5O. The molecule has 0 atom stereocenters. The summed E-state index contributed by atoms with van der Waals surface area (Å²) in [4.78, 5) is 20.9. The molecule has 0 spiro atoms. The Labute approximate surface area is 153 Å². The summed E-state index contributed by atoms with van der Waals surface area (Å²) in [6, 6.07) is 0. The molecule has 2 fully saturated rings. The van der Waals surface area contributed by atoms with E-state index in [1.807, 2.05) is 7.05 Å². The van der Waals surface area contributed by atoms with Gasteiger partial charge in [0, 0.05) is 40.2 Å². The highest BCUT2D eigenvalue weighted by molar-refractivity contribution is 5.80. The molecule has 25 heavy (non-hydrogen) atoms. The number of nitrogens with one attached hydrogen (secondary N) is 2. The second kappa shape index (κ2) is 10.6. The molecule has 6 nitrogen and oxygen atoms in total. The van der Waals surface area contributed by atoms with Gasteiger partial charge in [0.15, 0.2) is 5.96 Å². The van der Waals surface area contributed by atoms with Gasteiger partial charge in [-0.05, 0) is 63.6 Å². The SMILES string of the molecule is CN=C(NCCCN1CCC(C)CC1)N1CCC(CC(=O)NC)CC1. The van der Waals surface area contributed by atoms with Crippen molar-refractivity contribution in [3.05, 3.63) is 0 Å². The largest absolute Gasteiger partial charge is 0.359 e. The van der Waals surface area contributed by atoms with Gasteiger partial charge in [-0.25, -0.2) is 0 Å². The molecule has 0 radical (unpaired) electrons. The van der Waals surface area contributed by atoms with E-state index < -0.39 is 0 Å². The number of carbonyl (C=O) groups excluding carboxylic acids is 1. The molecule has 2 heterocycles. The van der Waals surface area contributed by atoms with Gasteiger partial charge < -0.3 is 20.4 Å². The number of hydrogen-bond acceptors (Lipinski definition) is 3. The van der Waals surface area contributed by atoms with E-state index in [2.05, 4.69) is 32.3 Å². The molecule has 2 aliphatic rings. The van der Waals surface area contributed by atoms with Crippen molar-refractivity contribution in [3.63, 3.8) is 0 Å². The summed E-state index contributed by atoms with van der Waals surface area (Å²) in [5.74, 6) is 2.59. The van der Waals surface area contributed by atoms with Gasteiger partial charge in [-0.2, -0.15) is 0 Å². The normalized spacial score (nSPS) is 21.4. The molecule has 0 aromatic heterocycles. The summed E-state index contributed by atoms with van der Waals surface area (Å²) in [5.41, 5.74) is 0. The first-order chi connectivity index (χ1) is 12.1. The Hall–Kier alpha value is -1.30. The molecule has 144 valence electrons. The van der Waals surface area contributed by atoms with E-state index in [-0.39, 0.29) is 5.91 Å². The lowest BCUT2D eigenvalue weighted by Gasteiger charge is -2.34. The highest BCUT2D eigenvalue weighted by atomic mass is 16.1. The minimum absolute atomic E-state index is 0.160. The minimum atomic E-state index is 0.160. The van der Waals surface area contributed by atoms with Crippen molar-refractivity contribution in [1.82, 2.24) is 20.4 Å². The molecule has 2 rings (SSSR count). The summed E-state index contributed by atoms with van der Waals surface area (Å²) in [5, 5.41) is 6.25. The quantitative estimate of drug-likeness (QED) is 0.433. The van der Waals surface area contributed by atoms with Crippen LogP contribution in [0.15, 0.2) is 4.99 Å². The molecule has 0 aromatic carbocycles. The van der Waals surface area contributed by atoms with Gasteiger partial charge in [0.2, 0.25) is 5.91 Å². The van der Waals surface area contributed by atoms with Crippen LogP contribution in [0, 0.1) is 11.8 Å². The van der Waals surface area contributed by atoms with Gasteiger partial charge in [-0.15, -0.1) is 0 Å². The number of rotatable bonds is 6. The minimum Gasteiger partial charge on any atom is -0.359 e. The first-order valence-electron chi connectivity index (χ1n) is 10.0. The molecule has 0 saturated carbocycles. The fourth-order valence-electron chi connectivity index (χ4n) is 3.83. The Bertz CT molecular complexity index is 424. The van der Waals surface area contributed by atoms with Gasteiger partial charge in [0.05, 0.1) is 0 Å². The van der Waals surface area contributed by atoms with Crippen molar-refractivity contribution in [2.45, 2.75) is 45.4 Å². The first kappa shape index (κ1) is 20.0. The third kappa shape index (κ3) is 6.84. The maximum atomic E-state index is 11.5. The van der Waals surface area contributed by atoms with Crippen molar-refractivity contribution < 1.29 is 4.79 Å². The highest BCUT2D eigenvalue weighted by Gasteiger charge is 2.23. The van der Waals surface area contributed by atoms with Gasteiger partial charge >= 0.3 is 0 Å². The average molecular weight is 352 g/mol. The predicted octanol–water partition coefficient (Wildman–Crippen LogP) is 1.53. The molecule has 0 aliphatic carbocycles. The van der Waals surface area contributed by atoms with E-state index in [9.17, 15) is 4.79 Å². The van der Waals surface area contributed by atoms with Crippen LogP contribution in [0.3, 0.4) is 0 Å². The van der Waals surface area contributed by atoms with Crippen LogP contribution >= 0.6 is 0 Å². The summed E-state index contributed by atoms with van der Waals surface area (Å²) in [6.45, 7) is 9.03. The maximum Gasteiger partial charge on any atom is 0.220 e. The van der Waals surface area contributed by atoms with E-state index in [1.165, 1.54) is 38.9 Å². The van der Waals surface area contributed by atoms with Gasteiger partial charge in [-0.3, -0.25) is 9.79 Å². The van der Waals surface area contributed by atoms with Gasteiger partial charge in [0.1, 0.15) is 0 Å². The zero-order valence-electron chi connectivity index (χ0n) is 16.4. The lowest BCUT2D eigenvalue weighted by atomic mass is 9.93. The fraction of sp³-hybridized carbons (Fsp3) is 0.895. The van der Waals surface area contributed by atoms with Crippen LogP contribution in [0.4, 0.5) is 0 Å². The van der Waals surface area contributed by atoms with Crippen LogP contribution in [-0.4, -0.2) is 75.0 Å². The highest BCUT2D eigenvalue weighted by Crippen LogP contribution is 2.20. The second-order valence-corrected chi connectivity index (χ2v) is 7.66. The molecule has 2 N–H and O–H groups in total. The fourth-order valence-corrected chi connectivity index (χ4v) is 3.83. The van der Waals surface area contributed by atoms with E-state index >= 15 is 0 Å². The molecule has 1 amide bonds. The molecule has 2 saturated heterocycles. The van der Waals surface area contributed by atoms with Crippen molar-refractivity contribution in [2.24, 2.45) is 16.8 Å². The van der Waals surface area contributed by atoms with Crippen molar-refractivity contribution in [2.75, 3.05) is 53.4 Å². The number of aliphatic imine (C=N–C) groups is 1. The summed E-state index contributed by atoms with van der Waals surface area (Å²) in [6.07, 6.45) is 6.66. The summed E-state index contributed by atoms with van der Waals surface area (Å²) < 4.78 is 0. The van der Waals surface area contributed by atoms with Crippen LogP contribution < -0.4 is 10.6 Å². The molecule has 0 unspecified atom stereocenters. The third-order valence-corrected chi connectivity index (χ3v) is 5.69. The van der Waals surface area contributed by atoms with Gasteiger partial charge in [-0.1, -0.05) is 6.92 Å². The summed E-state index contributed by atoms with van der Waals surface area (Å²) in [7, 11) is 3.58. The zero-order chi connectivity index (χ0) is 18.1. The predicted molar refractivity (Wildman–Crippen MR) is 104 cm³/mol. The monoisotopic (exact) mass is 351 g/mol.